The second-order valence-electron chi connectivity index (χ2n) is 6.81. The number of aromatic nitrogens is 1. The Morgan fingerprint density at radius 2 is 2.11 bits per heavy atom. The van der Waals surface area contributed by atoms with Crippen molar-refractivity contribution in [2.24, 2.45) is 5.92 Å². The highest BCUT2D eigenvalue weighted by Crippen LogP contribution is 2.26. The number of pyridine rings is 1. The van der Waals surface area contributed by atoms with Gasteiger partial charge in [0.05, 0.1) is 0 Å². The van der Waals surface area contributed by atoms with Gasteiger partial charge in [0.1, 0.15) is 12.2 Å². The van der Waals surface area contributed by atoms with Crippen LogP contribution in [0.25, 0.3) is 0 Å². The number of carbonyl (C=O) groups is 2. The van der Waals surface area contributed by atoms with Gasteiger partial charge in [0.25, 0.3) is 17.7 Å². The molecule has 1 heterocycles. The molecule has 1 atom stereocenters. The topological polar surface area (TPSA) is 124 Å². The van der Waals surface area contributed by atoms with E-state index in [2.05, 4.69) is 15.5 Å². The molecule has 1 aliphatic carbocycles. The maximum Gasteiger partial charge on any atom is 0.412 e. The van der Waals surface area contributed by atoms with E-state index in [1.807, 2.05) is 6.92 Å². The van der Waals surface area contributed by atoms with Crippen molar-refractivity contribution in [3.63, 3.8) is 0 Å². The van der Waals surface area contributed by atoms with Crippen molar-refractivity contribution >= 4 is 12.0 Å². The molecule has 1 aliphatic rings. The van der Waals surface area contributed by atoms with E-state index in [1.165, 1.54) is 25.5 Å². The Labute approximate surface area is 163 Å². The Hall–Kier alpha value is -2.91. The molecule has 0 radical (unpaired) electrons. The third-order valence-corrected chi connectivity index (χ3v) is 4.75. The highest BCUT2D eigenvalue weighted by atomic mass is 16.9. The van der Waals surface area contributed by atoms with Crippen LogP contribution >= 0.6 is 0 Å². The largest absolute Gasteiger partial charge is 0.412 e. The molecule has 2 amide bonds. The van der Waals surface area contributed by atoms with Gasteiger partial charge in [0, 0.05) is 18.7 Å². The number of amides is 2. The van der Waals surface area contributed by atoms with Crippen LogP contribution in [-0.2, 0) is 16.3 Å². The van der Waals surface area contributed by atoms with Gasteiger partial charge in [-0.1, -0.05) is 19.3 Å². The zero-order valence-corrected chi connectivity index (χ0v) is 16.0. The Kier molecular flexibility index (Phi) is 8.44. The van der Waals surface area contributed by atoms with E-state index in [4.69, 9.17) is 4.74 Å². The lowest BCUT2D eigenvalue weighted by molar-refractivity contribution is -0.757. The summed E-state index contributed by atoms with van der Waals surface area (Å²) in [5.41, 5.74) is 0.336. The molecule has 10 nitrogen and oxygen atoms in total. The minimum atomic E-state index is -0.917. The molecule has 0 aliphatic heterocycles. The number of hydrogen-bond donors (Lipinski definition) is 2. The molecule has 2 rings (SSSR count). The van der Waals surface area contributed by atoms with Crippen LogP contribution in [0.1, 0.15) is 49.4 Å². The summed E-state index contributed by atoms with van der Waals surface area (Å²) in [6.45, 7) is 1.74. The summed E-state index contributed by atoms with van der Waals surface area (Å²) >= 11 is 0. The first-order valence-electron chi connectivity index (χ1n) is 9.43. The molecule has 0 saturated heterocycles. The standard InChI is InChI=1S/C18H26N4O6/c1-14(15-6-3-2-4-7-15)20-18(24)27-13-21-10-5-8-16(12-21)17(23)19-9-11-28-22(25)26/h5,8,10,12,14-15H,2-4,6-7,9,11,13H2,1H3,(H-,19,20,23,24)/p+1. The first kappa shape index (κ1) is 21.4. The molecule has 154 valence electrons. The van der Waals surface area contributed by atoms with Crippen LogP contribution in [0.3, 0.4) is 0 Å². The highest BCUT2D eigenvalue weighted by molar-refractivity contribution is 5.93. The fourth-order valence-electron chi connectivity index (χ4n) is 3.24. The molecule has 0 spiro atoms. The predicted octanol–water partition coefficient (Wildman–Crippen LogP) is 1.56. The second kappa shape index (κ2) is 11.1. The Morgan fingerprint density at radius 3 is 2.82 bits per heavy atom. The summed E-state index contributed by atoms with van der Waals surface area (Å²) in [4.78, 5) is 38.2. The summed E-state index contributed by atoms with van der Waals surface area (Å²) < 4.78 is 6.80. The zero-order chi connectivity index (χ0) is 20.4. The van der Waals surface area contributed by atoms with Crippen LogP contribution in [0, 0.1) is 16.0 Å². The van der Waals surface area contributed by atoms with Crippen LogP contribution in [0.15, 0.2) is 24.5 Å². The van der Waals surface area contributed by atoms with Gasteiger partial charge in [-0.05, 0) is 31.7 Å². The van der Waals surface area contributed by atoms with Crippen molar-refractivity contribution < 1.29 is 28.8 Å². The Morgan fingerprint density at radius 1 is 1.36 bits per heavy atom. The summed E-state index contributed by atoms with van der Waals surface area (Å²) in [6.07, 6.45) is 8.63. The maximum atomic E-state index is 12.0. The maximum absolute atomic E-state index is 12.0. The third kappa shape index (κ3) is 7.37. The molecule has 1 aromatic heterocycles. The molecule has 1 aromatic rings. The molecule has 1 fully saturated rings. The van der Waals surface area contributed by atoms with Gasteiger partial charge in [0.15, 0.2) is 12.4 Å². The fraction of sp³-hybridized carbons (Fsp3) is 0.611. The van der Waals surface area contributed by atoms with Crippen LogP contribution in [0.4, 0.5) is 4.79 Å². The SMILES string of the molecule is CC(NC(=O)OC[n+]1cccc(C(=O)NCCO[N+](=O)[O-])c1)C1CCCCC1. The summed E-state index contributed by atoms with van der Waals surface area (Å²) in [5.74, 6) is 0.0805. The fourth-order valence-corrected chi connectivity index (χ4v) is 3.24. The smallest absolute Gasteiger partial charge is 0.388 e. The van der Waals surface area contributed by atoms with E-state index in [0.29, 0.717) is 11.5 Å². The summed E-state index contributed by atoms with van der Waals surface area (Å²) in [5, 5.41) is 14.5. The molecular weight excluding hydrogens is 368 g/mol. The van der Waals surface area contributed by atoms with E-state index < -0.39 is 17.1 Å². The molecule has 1 saturated carbocycles. The quantitative estimate of drug-likeness (QED) is 0.283. The van der Waals surface area contributed by atoms with E-state index in [9.17, 15) is 19.7 Å². The van der Waals surface area contributed by atoms with Crippen LogP contribution < -0.4 is 15.2 Å². The van der Waals surface area contributed by atoms with Gasteiger partial charge in [-0.3, -0.25) is 4.79 Å². The molecule has 0 aromatic carbocycles. The van der Waals surface area contributed by atoms with Gasteiger partial charge >= 0.3 is 6.09 Å². The van der Waals surface area contributed by atoms with Crippen molar-refractivity contribution in [2.45, 2.75) is 51.8 Å². The Balaban J connectivity index is 1.76. The van der Waals surface area contributed by atoms with Gasteiger partial charge in [-0.15, -0.1) is 10.1 Å². The van der Waals surface area contributed by atoms with E-state index in [1.54, 1.807) is 22.9 Å². The number of hydrogen-bond acceptors (Lipinski definition) is 6. The number of nitrogens with zero attached hydrogens (tertiary/aromatic N) is 2. The van der Waals surface area contributed by atoms with E-state index in [-0.39, 0.29) is 25.9 Å². The molecular formula is C18H27N4O6+. The van der Waals surface area contributed by atoms with Crippen LogP contribution in [-0.4, -0.2) is 36.3 Å². The minimum Gasteiger partial charge on any atom is -0.388 e. The van der Waals surface area contributed by atoms with Gasteiger partial charge in [-0.25, -0.2) is 4.79 Å². The van der Waals surface area contributed by atoms with Crippen LogP contribution in [0.5, 0.6) is 0 Å². The summed E-state index contributed by atoms with van der Waals surface area (Å²) in [7, 11) is 0. The predicted molar refractivity (Wildman–Crippen MR) is 97.6 cm³/mol. The number of carbonyl (C=O) groups excluding carboxylic acids is 2. The van der Waals surface area contributed by atoms with Gasteiger partial charge in [0.2, 0.25) is 0 Å². The number of ether oxygens (including phenoxy) is 1. The summed E-state index contributed by atoms with van der Waals surface area (Å²) in [6, 6.07) is 3.30. The second-order valence-corrected chi connectivity index (χ2v) is 6.81. The number of nitrogens with one attached hydrogen (secondary N) is 2. The monoisotopic (exact) mass is 395 g/mol. The van der Waals surface area contributed by atoms with Gasteiger partial charge in [-0.2, -0.15) is 4.57 Å². The van der Waals surface area contributed by atoms with Crippen molar-refractivity contribution in [1.82, 2.24) is 10.6 Å². The third-order valence-electron chi connectivity index (χ3n) is 4.75. The van der Waals surface area contributed by atoms with Crippen molar-refractivity contribution in [2.75, 3.05) is 13.2 Å². The molecule has 1 unspecified atom stereocenters. The molecule has 10 heteroatoms. The van der Waals surface area contributed by atoms with E-state index in [0.717, 1.165) is 12.8 Å². The molecule has 0 bridgehead atoms. The zero-order valence-electron chi connectivity index (χ0n) is 16.0. The first-order chi connectivity index (χ1) is 13.5. The lowest BCUT2D eigenvalue weighted by atomic mass is 9.85. The first-order valence-corrected chi connectivity index (χ1v) is 9.43. The van der Waals surface area contributed by atoms with Crippen molar-refractivity contribution in [3.8, 4) is 0 Å². The normalized spacial score (nSPS) is 15.3. The molecule has 28 heavy (non-hydrogen) atoms. The minimum absolute atomic E-state index is 0.00662. The van der Waals surface area contributed by atoms with Gasteiger partial charge < -0.3 is 20.2 Å². The number of rotatable bonds is 9. The number of alkyl carbamates (subject to hydrolysis) is 1. The van der Waals surface area contributed by atoms with Crippen molar-refractivity contribution in [3.05, 3.63) is 40.2 Å². The average Bonchev–Trinajstić information content (AvgIpc) is 2.70. The van der Waals surface area contributed by atoms with Crippen LogP contribution in [0.2, 0.25) is 0 Å². The van der Waals surface area contributed by atoms with E-state index >= 15 is 0 Å². The lowest BCUT2D eigenvalue weighted by Gasteiger charge is -2.27. The molecule has 2 N–H and O–H groups in total. The van der Waals surface area contributed by atoms with Crippen molar-refractivity contribution in [1.29, 1.82) is 0 Å². The highest BCUT2D eigenvalue weighted by Gasteiger charge is 2.22. The average molecular weight is 395 g/mol. The lowest BCUT2D eigenvalue weighted by Crippen LogP contribution is -2.43. The Bertz CT molecular complexity index is 678.